The molecule has 1 amide bonds. The number of hydrogen-bond acceptors (Lipinski definition) is 5. The van der Waals surface area contributed by atoms with Crippen molar-refractivity contribution in [3.63, 3.8) is 0 Å². The number of nitrogens with two attached hydrogens (primary N) is 1. The predicted molar refractivity (Wildman–Crippen MR) is 68.2 cm³/mol. The van der Waals surface area contributed by atoms with Gasteiger partial charge in [0.25, 0.3) is 0 Å². The number of alkyl halides is 3. The lowest BCUT2D eigenvalue weighted by Crippen LogP contribution is -2.20. The van der Waals surface area contributed by atoms with E-state index in [4.69, 9.17) is 5.73 Å². The summed E-state index contributed by atoms with van der Waals surface area (Å²) in [6, 6.07) is 0. The summed E-state index contributed by atoms with van der Waals surface area (Å²) >= 11 is 1.15. The number of aromatic nitrogens is 1. The van der Waals surface area contributed by atoms with Gasteiger partial charge in [0.1, 0.15) is 6.61 Å². The highest BCUT2D eigenvalue weighted by molar-refractivity contribution is 7.16. The Morgan fingerprint density at radius 3 is 2.95 bits per heavy atom. The topological polar surface area (TPSA) is 77.2 Å². The molecule has 0 fully saturated rings. The zero-order valence-electron chi connectivity index (χ0n) is 10.3. The molecule has 0 unspecified atom stereocenters. The number of anilines is 1. The van der Waals surface area contributed by atoms with Crippen molar-refractivity contribution in [1.82, 2.24) is 4.98 Å². The van der Waals surface area contributed by atoms with E-state index in [2.05, 4.69) is 26.9 Å². The lowest BCUT2D eigenvalue weighted by Gasteiger charge is -2.06. The lowest BCUT2D eigenvalue weighted by molar-refractivity contribution is -0.174. The quantitative estimate of drug-likeness (QED) is 0.636. The highest BCUT2D eigenvalue weighted by Gasteiger charge is 2.27. The van der Waals surface area contributed by atoms with Gasteiger partial charge in [0, 0.05) is 0 Å². The molecule has 1 aromatic rings. The van der Waals surface area contributed by atoms with Gasteiger partial charge < -0.3 is 15.8 Å². The SMILES string of the molecule is NCC#Cc1cnc(NC(=O)CCOCC(F)(F)F)s1. The minimum absolute atomic E-state index is 0.181. The molecule has 0 atom stereocenters. The number of halogens is 3. The van der Waals surface area contributed by atoms with Crippen molar-refractivity contribution in [2.45, 2.75) is 12.6 Å². The van der Waals surface area contributed by atoms with Crippen molar-refractivity contribution < 1.29 is 22.7 Å². The third-order valence-corrected chi connectivity index (χ3v) is 2.63. The van der Waals surface area contributed by atoms with Gasteiger partial charge in [0.2, 0.25) is 5.91 Å². The van der Waals surface area contributed by atoms with Crippen LogP contribution in [-0.2, 0) is 9.53 Å². The number of carbonyl (C=O) groups excluding carboxylic acids is 1. The van der Waals surface area contributed by atoms with Gasteiger partial charge in [0.15, 0.2) is 5.13 Å². The van der Waals surface area contributed by atoms with E-state index >= 15 is 0 Å². The molecule has 20 heavy (non-hydrogen) atoms. The first kappa shape index (κ1) is 16.4. The van der Waals surface area contributed by atoms with Crippen LogP contribution in [0.25, 0.3) is 0 Å². The highest BCUT2D eigenvalue weighted by atomic mass is 32.1. The summed E-state index contributed by atoms with van der Waals surface area (Å²) in [7, 11) is 0. The van der Waals surface area contributed by atoms with E-state index in [1.165, 1.54) is 6.20 Å². The Kier molecular flexibility index (Phi) is 6.44. The summed E-state index contributed by atoms with van der Waals surface area (Å²) in [5.74, 6) is 4.91. The molecular weight excluding hydrogens is 295 g/mol. The van der Waals surface area contributed by atoms with Crippen molar-refractivity contribution in [2.75, 3.05) is 25.1 Å². The fourth-order valence-electron chi connectivity index (χ4n) is 1.06. The predicted octanol–water partition coefficient (Wildman–Crippen LogP) is 1.36. The summed E-state index contributed by atoms with van der Waals surface area (Å²) in [6.45, 7) is -1.46. The first-order valence-corrected chi connectivity index (χ1v) is 6.31. The van der Waals surface area contributed by atoms with Gasteiger partial charge in [-0.3, -0.25) is 4.79 Å². The molecule has 0 aliphatic carbocycles. The van der Waals surface area contributed by atoms with E-state index in [0.717, 1.165) is 11.3 Å². The van der Waals surface area contributed by atoms with E-state index in [0.29, 0.717) is 10.0 Å². The van der Waals surface area contributed by atoms with Crippen LogP contribution in [0.1, 0.15) is 11.3 Å². The van der Waals surface area contributed by atoms with Crippen molar-refractivity contribution in [3.05, 3.63) is 11.1 Å². The van der Waals surface area contributed by atoms with Crippen LogP contribution < -0.4 is 11.1 Å². The van der Waals surface area contributed by atoms with Gasteiger partial charge in [-0.05, 0) is 0 Å². The molecule has 1 rings (SSSR count). The van der Waals surface area contributed by atoms with Crippen LogP contribution in [-0.4, -0.2) is 36.8 Å². The molecule has 0 radical (unpaired) electrons. The Hall–Kier alpha value is -1.63. The largest absolute Gasteiger partial charge is 0.411 e. The molecule has 1 heterocycles. The van der Waals surface area contributed by atoms with Crippen LogP contribution in [0.2, 0.25) is 0 Å². The van der Waals surface area contributed by atoms with Crippen LogP contribution in [0, 0.1) is 11.8 Å². The summed E-state index contributed by atoms with van der Waals surface area (Å²) in [5.41, 5.74) is 5.21. The van der Waals surface area contributed by atoms with Crippen LogP contribution in [0.15, 0.2) is 6.20 Å². The average Bonchev–Trinajstić information content (AvgIpc) is 2.78. The molecule has 0 aliphatic heterocycles. The molecule has 0 saturated heterocycles. The molecule has 5 nitrogen and oxygen atoms in total. The average molecular weight is 307 g/mol. The number of nitrogens with zero attached hydrogens (tertiary/aromatic N) is 1. The zero-order chi connectivity index (χ0) is 15.0. The van der Waals surface area contributed by atoms with Crippen molar-refractivity contribution in [3.8, 4) is 11.8 Å². The van der Waals surface area contributed by atoms with Crippen LogP contribution >= 0.6 is 11.3 Å². The van der Waals surface area contributed by atoms with E-state index in [1.54, 1.807) is 0 Å². The van der Waals surface area contributed by atoms with Gasteiger partial charge >= 0.3 is 6.18 Å². The first-order chi connectivity index (χ1) is 9.40. The summed E-state index contributed by atoms with van der Waals surface area (Å²) in [4.78, 5) is 15.9. The summed E-state index contributed by atoms with van der Waals surface area (Å²) in [5, 5.41) is 2.77. The third kappa shape index (κ3) is 7.08. The minimum atomic E-state index is -4.39. The Labute approximate surface area is 117 Å². The highest BCUT2D eigenvalue weighted by Crippen LogP contribution is 2.17. The van der Waals surface area contributed by atoms with Gasteiger partial charge in [-0.2, -0.15) is 13.2 Å². The second-order valence-electron chi connectivity index (χ2n) is 3.50. The Morgan fingerprint density at radius 1 is 1.55 bits per heavy atom. The molecular formula is C11H12F3N3O2S. The van der Waals surface area contributed by atoms with Crippen LogP contribution in [0.4, 0.5) is 18.3 Å². The van der Waals surface area contributed by atoms with E-state index in [-0.39, 0.29) is 19.6 Å². The molecule has 0 spiro atoms. The number of thiazole rings is 1. The fourth-order valence-corrected chi connectivity index (χ4v) is 1.77. The Morgan fingerprint density at radius 2 is 2.30 bits per heavy atom. The lowest BCUT2D eigenvalue weighted by atomic mass is 10.4. The number of carbonyl (C=O) groups is 1. The number of nitrogens with one attached hydrogen (secondary N) is 1. The fraction of sp³-hybridized carbons (Fsp3) is 0.455. The van der Waals surface area contributed by atoms with Crippen LogP contribution in [0.3, 0.4) is 0 Å². The number of amides is 1. The Bertz CT molecular complexity index is 505. The van der Waals surface area contributed by atoms with Crippen molar-refractivity contribution >= 4 is 22.4 Å². The standard InChI is InChI=1S/C11H12F3N3O2S/c12-11(13,14)7-19-5-3-9(18)17-10-16-6-8(20-10)2-1-4-15/h6H,3-5,7,15H2,(H,16,17,18). The zero-order valence-corrected chi connectivity index (χ0v) is 11.1. The monoisotopic (exact) mass is 307 g/mol. The molecule has 1 aromatic heterocycles. The molecule has 0 aliphatic rings. The van der Waals surface area contributed by atoms with Crippen LogP contribution in [0.5, 0.6) is 0 Å². The molecule has 0 aromatic carbocycles. The number of ether oxygens (including phenoxy) is 1. The molecule has 110 valence electrons. The third-order valence-electron chi connectivity index (χ3n) is 1.80. The second-order valence-corrected chi connectivity index (χ2v) is 4.53. The maximum atomic E-state index is 11.8. The van der Waals surface area contributed by atoms with E-state index in [9.17, 15) is 18.0 Å². The maximum Gasteiger partial charge on any atom is 0.411 e. The van der Waals surface area contributed by atoms with Gasteiger partial charge in [-0.25, -0.2) is 4.98 Å². The molecule has 0 saturated carbocycles. The molecule has 3 N–H and O–H groups in total. The van der Waals surface area contributed by atoms with E-state index < -0.39 is 18.7 Å². The molecule has 0 bridgehead atoms. The normalized spacial score (nSPS) is 10.8. The van der Waals surface area contributed by atoms with Gasteiger partial charge in [0.05, 0.1) is 30.6 Å². The molecule has 9 heteroatoms. The maximum absolute atomic E-state index is 11.8. The van der Waals surface area contributed by atoms with Gasteiger partial charge in [-0.1, -0.05) is 23.2 Å². The summed E-state index contributed by atoms with van der Waals surface area (Å²) < 4.78 is 39.7. The first-order valence-electron chi connectivity index (χ1n) is 5.50. The van der Waals surface area contributed by atoms with Gasteiger partial charge in [-0.15, -0.1) is 0 Å². The summed E-state index contributed by atoms with van der Waals surface area (Å²) in [6.07, 6.45) is -3.09. The second kappa shape index (κ2) is 7.84. The minimum Gasteiger partial charge on any atom is -0.372 e. The number of rotatable bonds is 5. The Balaban J connectivity index is 2.30. The van der Waals surface area contributed by atoms with E-state index in [1.807, 2.05) is 0 Å². The van der Waals surface area contributed by atoms with Crippen molar-refractivity contribution in [1.29, 1.82) is 0 Å². The van der Waals surface area contributed by atoms with Crippen molar-refractivity contribution in [2.24, 2.45) is 5.73 Å². The smallest absolute Gasteiger partial charge is 0.372 e. The number of hydrogen-bond donors (Lipinski definition) is 2.